The summed E-state index contributed by atoms with van der Waals surface area (Å²) in [5.74, 6) is 0. The largest absolute Gasteiger partial charge is 0.414 e. The Kier molecular flexibility index (Phi) is 6.64. The van der Waals surface area contributed by atoms with Gasteiger partial charge in [0.05, 0.1) is 12.1 Å². The van der Waals surface area contributed by atoms with Gasteiger partial charge in [0.1, 0.15) is 0 Å². The third-order valence-electron chi connectivity index (χ3n) is 2.12. The average molecular weight is 229 g/mol. The van der Waals surface area contributed by atoms with Crippen LogP contribution in [0.25, 0.3) is 10.4 Å². The Bertz CT molecular complexity index is 221. The van der Waals surface area contributed by atoms with E-state index in [4.69, 9.17) is 9.96 Å². The highest BCUT2D eigenvalue weighted by atomic mass is 28.4. The van der Waals surface area contributed by atoms with Gasteiger partial charge in [-0.25, -0.2) is 0 Å². The van der Waals surface area contributed by atoms with Gasteiger partial charge in [-0.15, -0.1) is 0 Å². The number of rotatable bonds is 7. The van der Waals surface area contributed by atoms with Gasteiger partial charge >= 0.3 is 0 Å². The lowest BCUT2D eigenvalue weighted by Gasteiger charge is -2.28. The summed E-state index contributed by atoms with van der Waals surface area (Å²) >= 11 is 0. The molecule has 0 aliphatic rings. The summed E-state index contributed by atoms with van der Waals surface area (Å²) in [5.41, 5.74) is 8.42. The van der Waals surface area contributed by atoms with Crippen LogP contribution in [0.2, 0.25) is 19.6 Å². The second kappa shape index (κ2) is 6.88. The molecule has 0 saturated carbocycles. The third kappa shape index (κ3) is 7.42. The SMILES string of the molecule is CCCC[C@H](O[Si](C)(C)C)[C@H](C)N=[N+]=[N-]. The van der Waals surface area contributed by atoms with Crippen LogP contribution < -0.4 is 0 Å². The van der Waals surface area contributed by atoms with Crippen molar-refractivity contribution >= 4 is 8.32 Å². The Morgan fingerprint density at radius 1 is 1.40 bits per heavy atom. The minimum Gasteiger partial charge on any atom is -0.414 e. The van der Waals surface area contributed by atoms with Gasteiger partial charge in [0.2, 0.25) is 0 Å². The fraction of sp³-hybridized carbons (Fsp3) is 1.00. The minimum absolute atomic E-state index is 0.0618. The van der Waals surface area contributed by atoms with E-state index in [1.165, 1.54) is 0 Å². The maximum Gasteiger partial charge on any atom is 0.184 e. The minimum atomic E-state index is -1.55. The molecule has 0 amide bonds. The molecule has 15 heavy (non-hydrogen) atoms. The first-order valence-corrected chi connectivity index (χ1v) is 9.03. The molecule has 88 valence electrons. The van der Waals surface area contributed by atoms with Crippen LogP contribution in [-0.4, -0.2) is 20.5 Å². The second-order valence-electron chi connectivity index (χ2n) is 4.86. The van der Waals surface area contributed by atoms with Crippen molar-refractivity contribution in [2.45, 2.75) is 64.9 Å². The quantitative estimate of drug-likeness (QED) is 0.281. The monoisotopic (exact) mass is 229 g/mol. The fourth-order valence-electron chi connectivity index (χ4n) is 1.41. The molecule has 0 aliphatic heterocycles. The fourth-order valence-corrected chi connectivity index (χ4v) is 2.64. The standard InChI is InChI=1S/C10H23N3OSi/c1-6-7-8-10(9(2)12-13-11)14-15(3,4)5/h9-10H,6-8H2,1-5H3/t9-,10-/m0/s1. The zero-order valence-corrected chi connectivity index (χ0v) is 11.5. The molecule has 0 bridgehead atoms. The Morgan fingerprint density at radius 3 is 2.40 bits per heavy atom. The highest BCUT2D eigenvalue weighted by Crippen LogP contribution is 2.17. The van der Waals surface area contributed by atoms with Gasteiger partial charge in [-0.1, -0.05) is 31.8 Å². The zero-order chi connectivity index (χ0) is 11.9. The summed E-state index contributed by atoms with van der Waals surface area (Å²) in [6, 6.07) is -0.0618. The molecule has 0 aromatic heterocycles. The number of azide groups is 1. The number of unbranched alkanes of at least 4 members (excludes halogenated alkanes) is 1. The first-order valence-electron chi connectivity index (χ1n) is 5.62. The van der Waals surface area contributed by atoms with E-state index in [0.717, 1.165) is 19.3 Å². The Balaban J connectivity index is 4.35. The molecule has 0 heterocycles. The van der Waals surface area contributed by atoms with Gasteiger partial charge in [-0.05, 0) is 31.6 Å². The number of hydrogen-bond donors (Lipinski definition) is 0. The van der Waals surface area contributed by atoms with Gasteiger partial charge < -0.3 is 4.43 Å². The van der Waals surface area contributed by atoms with E-state index in [-0.39, 0.29) is 12.1 Å². The van der Waals surface area contributed by atoms with E-state index in [0.29, 0.717) is 0 Å². The molecule has 0 spiro atoms. The first-order chi connectivity index (χ1) is 6.90. The molecular formula is C10H23N3OSi. The smallest absolute Gasteiger partial charge is 0.184 e. The number of nitrogens with zero attached hydrogens (tertiary/aromatic N) is 3. The van der Waals surface area contributed by atoms with E-state index in [1.807, 2.05) is 6.92 Å². The van der Waals surface area contributed by atoms with Crippen LogP contribution in [0.15, 0.2) is 5.11 Å². The van der Waals surface area contributed by atoms with Gasteiger partial charge in [0, 0.05) is 4.91 Å². The van der Waals surface area contributed by atoms with Gasteiger partial charge in [-0.3, -0.25) is 0 Å². The number of hydrogen-bond acceptors (Lipinski definition) is 2. The predicted molar refractivity (Wildman–Crippen MR) is 66.4 cm³/mol. The van der Waals surface area contributed by atoms with E-state index < -0.39 is 8.32 Å². The summed E-state index contributed by atoms with van der Waals surface area (Å²) in [5, 5.41) is 3.74. The second-order valence-corrected chi connectivity index (χ2v) is 9.32. The van der Waals surface area contributed by atoms with E-state index >= 15 is 0 Å². The van der Waals surface area contributed by atoms with E-state index in [2.05, 4.69) is 36.6 Å². The summed E-state index contributed by atoms with van der Waals surface area (Å²) in [7, 11) is -1.55. The molecular weight excluding hydrogens is 206 g/mol. The lowest BCUT2D eigenvalue weighted by atomic mass is 10.1. The van der Waals surface area contributed by atoms with Crippen molar-refractivity contribution in [3.8, 4) is 0 Å². The molecule has 0 rings (SSSR count). The molecule has 4 nitrogen and oxygen atoms in total. The van der Waals surface area contributed by atoms with Gasteiger partial charge in [0.25, 0.3) is 0 Å². The highest BCUT2D eigenvalue weighted by Gasteiger charge is 2.24. The lowest BCUT2D eigenvalue weighted by Crippen LogP contribution is -2.37. The Hall–Kier alpha value is -0.513. The Morgan fingerprint density at radius 2 is 2.00 bits per heavy atom. The summed E-state index contributed by atoms with van der Waals surface area (Å²) in [4.78, 5) is 2.86. The molecule has 0 aliphatic carbocycles. The van der Waals surface area contributed by atoms with E-state index in [1.54, 1.807) is 0 Å². The van der Waals surface area contributed by atoms with Gasteiger partial charge in [-0.2, -0.15) is 0 Å². The third-order valence-corrected chi connectivity index (χ3v) is 3.13. The topological polar surface area (TPSA) is 58.0 Å². The van der Waals surface area contributed by atoms with Crippen molar-refractivity contribution in [3.05, 3.63) is 10.4 Å². The van der Waals surface area contributed by atoms with Crippen molar-refractivity contribution in [2.75, 3.05) is 0 Å². The zero-order valence-electron chi connectivity index (χ0n) is 10.5. The van der Waals surface area contributed by atoms with Crippen LogP contribution in [-0.2, 0) is 4.43 Å². The van der Waals surface area contributed by atoms with Crippen LogP contribution in [0.5, 0.6) is 0 Å². The van der Waals surface area contributed by atoms with Crippen molar-refractivity contribution in [2.24, 2.45) is 5.11 Å². The maximum atomic E-state index is 8.42. The normalized spacial score (nSPS) is 15.5. The van der Waals surface area contributed by atoms with Crippen LogP contribution >= 0.6 is 0 Å². The molecule has 2 atom stereocenters. The highest BCUT2D eigenvalue weighted by molar-refractivity contribution is 6.69. The summed E-state index contributed by atoms with van der Waals surface area (Å²) < 4.78 is 6.03. The van der Waals surface area contributed by atoms with Crippen LogP contribution in [0.1, 0.15) is 33.1 Å². The summed E-state index contributed by atoms with van der Waals surface area (Å²) in [6.07, 6.45) is 3.35. The molecule has 0 unspecified atom stereocenters. The molecule has 0 radical (unpaired) electrons. The van der Waals surface area contributed by atoms with Crippen LogP contribution in [0, 0.1) is 0 Å². The molecule has 0 N–H and O–H groups in total. The molecule has 0 aromatic rings. The van der Waals surface area contributed by atoms with Crippen molar-refractivity contribution < 1.29 is 4.43 Å². The molecule has 0 aromatic carbocycles. The van der Waals surface area contributed by atoms with Gasteiger partial charge in [0.15, 0.2) is 8.32 Å². The molecule has 0 saturated heterocycles. The maximum absolute atomic E-state index is 8.42. The summed E-state index contributed by atoms with van der Waals surface area (Å²) in [6.45, 7) is 10.6. The van der Waals surface area contributed by atoms with Crippen LogP contribution in [0.3, 0.4) is 0 Å². The molecule has 5 heteroatoms. The van der Waals surface area contributed by atoms with Crippen molar-refractivity contribution in [1.82, 2.24) is 0 Å². The first kappa shape index (κ1) is 14.5. The Labute approximate surface area is 93.8 Å². The predicted octanol–water partition coefficient (Wildman–Crippen LogP) is 4.10. The lowest BCUT2D eigenvalue weighted by molar-refractivity contribution is 0.157. The average Bonchev–Trinajstić information content (AvgIpc) is 2.10. The van der Waals surface area contributed by atoms with Crippen molar-refractivity contribution in [3.63, 3.8) is 0 Å². The van der Waals surface area contributed by atoms with E-state index in [9.17, 15) is 0 Å². The van der Waals surface area contributed by atoms with Crippen molar-refractivity contribution in [1.29, 1.82) is 0 Å². The molecule has 0 fully saturated rings. The van der Waals surface area contributed by atoms with Crippen LogP contribution in [0.4, 0.5) is 0 Å².